The first-order chi connectivity index (χ1) is 12.0. The van der Waals surface area contributed by atoms with Crippen LogP contribution in [0.1, 0.15) is 20.3 Å². The largest absolute Gasteiger partial charge is 0.495 e. The molecule has 1 aromatic rings. The number of hydrogen-bond donors (Lipinski definition) is 2. The van der Waals surface area contributed by atoms with Crippen molar-refractivity contribution >= 4 is 23.2 Å². The van der Waals surface area contributed by atoms with Gasteiger partial charge in [-0.3, -0.25) is 9.59 Å². The Hall–Kier alpha value is -2.62. The highest BCUT2D eigenvalue weighted by atomic mass is 19.4. The Labute approximate surface area is 147 Å². The second kappa shape index (κ2) is 6.94. The first-order valence-electron chi connectivity index (χ1n) is 7.66. The summed E-state index contributed by atoms with van der Waals surface area (Å²) in [6, 6.07) is 6.06. The number of benzene rings is 1. The maximum atomic E-state index is 13.3. The van der Waals surface area contributed by atoms with E-state index >= 15 is 0 Å². The summed E-state index contributed by atoms with van der Waals surface area (Å²) >= 11 is 0. The number of para-hydroxylation sites is 2. The highest BCUT2D eigenvalue weighted by Gasteiger charge is 2.64. The van der Waals surface area contributed by atoms with Crippen LogP contribution in [0, 0.1) is 5.92 Å². The van der Waals surface area contributed by atoms with Crippen LogP contribution in [0.25, 0.3) is 0 Å². The van der Waals surface area contributed by atoms with Crippen LogP contribution in [0.2, 0.25) is 0 Å². The van der Waals surface area contributed by atoms with Gasteiger partial charge in [0.25, 0.3) is 5.72 Å². The third-order valence-corrected chi connectivity index (χ3v) is 3.87. The van der Waals surface area contributed by atoms with Gasteiger partial charge in [-0.25, -0.2) is 0 Å². The Morgan fingerprint density at radius 3 is 2.50 bits per heavy atom. The van der Waals surface area contributed by atoms with Crippen LogP contribution in [0.4, 0.5) is 18.9 Å². The fourth-order valence-corrected chi connectivity index (χ4v) is 2.35. The summed E-state index contributed by atoms with van der Waals surface area (Å²) in [6.07, 6.45) is -6.10. The molecule has 2 N–H and O–H groups in total. The molecule has 0 saturated heterocycles. The molecule has 1 heterocycles. The second-order valence-electron chi connectivity index (χ2n) is 6.01. The molecule has 1 atom stereocenters. The van der Waals surface area contributed by atoms with Crippen molar-refractivity contribution in [3.63, 3.8) is 0 Å². The van der Waals surface area contributed by atoms with E-state index in [9.17, 15) is 27.9 Å². The molecule has 142 valence electrons. The Bertz CT molecular complexity index is 749. The van der Waals surface area contributed by atoms with Gasteiger partial charge in [-0.1, -0.05) is 26.0 Å². The summed E-state index contributed by atoms with van der Waals surface area (Å²) in [5.74, 6) is -3.25. The zero-order chi connectivity index (χ0) is 19.7. The molecular weight excluding hydrogens is 355 g/mol. The van der Waals surface area contributed by atoms with Gasteiger partial charge in [-0.05, 0) is 18.1 Å². The number of carbonyl (C=O) groups excluding carboxylic acids is 2. The summed E-state index contributed by atoms with van der Waals surface area (Å²) in [7, 11) is 1.33. The molecule has 0 radical (unpaired) electrons. The Morgan fingerprint density at radius 1 is 1.35 bits per heavy atom. The molecular formula is C16H18F3N3O4. The number of rotatable bonds is 3. The second-order valence-corrected chi connectivity index (χ2v) is 6.01. The third-order valence-electron chi connectivity index (χ3n) is 3.87. The van der Waals surface area contributed by atoms with E-state index in [2.05, 4.69) is 10.4 Å². The molecule has 1 aromatic carbocycles. The predicted molar refractivity (Wildman–Crippen MR) is 86.4 cm³/mol. The summed E-state index contributed by atoms with van der Waals surface area (Å²) in [4.78, 5) is 24.4. The molecule has 0 fully saturated rings. The molecule has 0 spiro atoms. The van der Waals surface area contributed by atoms with E-state index in [4.69, 9.17) is 4.74 Å². The van der Waals surface area contributed by atoms with E-state index in [1.165, 1.54) is 19.2 Å². The molecule has 7 nitrogen and oxygen atoms in total. The topological polar surface area (TPSA) is 91.2 Å². The minimum absolute atomic E-state index is 0.0386. The van der Waals surface area contributed by atoms with Gasteiger partial charge in [-0.2, -0.15) is 23.3 Å². The highest BCUT2D eigenvalue weighted by Crippen LogP contribution is 2.41. The fourth-order valence-electron chi connectivity index (χ4n) is 2.35. The molecule has 0 aliphatic carbocycles. The average molecular weight is 373 g/mol. The number of nitrogens with zero attached hydrogens (tertiary/aromatic N) is 2. The molecule has 2 rings (SSSR count). The van der Waals surface area contributed by atoms with Crippen LogP contribution >= 0.6 is 0 Å². The van der Waals surface area contributed by atoms with Crippen molar-refractivity contribution in [2.45, 2.75) is 32.2 Å². The maximum Gasteiger partial charge on any atom is 0.438 e. The normalized spacial score (nSPS) is 20.2. The minimum atomic E-state index is -5.19. The molecule has 2 amide bonds. The lowest BCUT2D eigenvalue weighted by Gasteiger charge is -2.32. The van der Waals surface area contributed by atoms with Gasteiger partial charge < -0.3 is 15.2 Å². The lowest BCUT2D eigenvalue weighted by atomic mass is 9.99. The quantitative estimate of drug-likeness (QED) is 0.794. The van der Waals surface area contributed by atoms with Gasteiger partial charge in [-0.15, -0.1) is 0 Å². The van der Waals surface area contributed by atoms with Crippen molar-refractivity contribution in [2.75, 3.05) is 12.4 Å². The van der Waals surface area contributed by atoms with E-state index in [-0.39, 0.29) is 22.2 Å². The lowest BCUT2D eigenvalue weighted by molar-refractivity contribution is -0.301. The molecule has 0 aromatic heterocycles. The number of amides is 2. The average Bonchev–Trinajstić information content (AvgIpc) is 2.93. The molecule has 0 saturated carbocycles. The molecule has 0 unspecified atom stereocenters. The van der Waals surface area contributed by atoms with Gasteiger partial charge in [0.15, 0.2) is 0 Å². The number of hydrogen-bond acceptors (Lipinski definition) is 5. The van der Waals surface area contributed by atoms with Crippen molar-refractivity contribution in [1.29, 1.82) is 0 Å². The van der Waals surface area contributed by atoms with Crippen LogP contribution < -0.4 is 10.1 Å². The van der Waals surface area contributed by atoms with Crippen LogP contribution in [-0.4, -0.2) is 46.7 Å². The van der Waals surface area contributed by atoms with Gasteiger partial charge in [0, 0.05) is 12.1 Å². The van der Waals surface area contributed by atoms with Gasteiger partial charge in [0.1, 0.15) is 5.75 Å². The number of ether oxygens (including phenoxy) is 1. The number of nitrogens with one attached hydrogen (secondary N) is 1. The number of carbonyl (C=O) groups is 2. The third kappa shape index (κ3) is 3.50. The maximum absolute atomic E-state index is 13.3. The number of alkyl halides is 3. The van der Waals surface area contributed by atoms with Gasteiger partial charge in [0.05, 0.1) is 12.8 Å². The lowest BCUT2D eigenvalue weighted by Crippen LogP contribution is -2.58. The smallest absolute Gasteiger partial charge is 0.438 e. The minimum Gasteiger partial charge on any atom is -0.495 e. The first-order valence-corrected chi connectivity index (χ1v) is 7.66. The Balaban J connectivity index is 2.31. The Morgan fingerprint density at radius 2 is 1.96 bits per heavy atom. The summed E-state index contributed by atoms with van der Waals surface area (Å²) < 4.78 is 45.0. The van der Waals surface area contributed by atoms with Crippen LogP contribution in [0.15, 0.2) is 29.4 Å². The summed E-state index contributed by atoms with van der Waals surface area (Å²) in [6.45, 7) is 3.14. The number of halogens is 3. The number of hydrazone groups is 1. The highest BCUT2D eigenvalue weighted by molar-refractivity contribution is 6.40. The molecule has 10 heteroatoms. The van der Waals surface area contributed by atoms with E-state index in [0.717, 1.165) is 0 Å². The number of aliphatic hydroxyl groups is 1. The van der Waals surface area contributed by atoms with Crippen molar-refractivity contribution in [1.82, 2.24) is 5.01 Å². The van der Waals surface area contributed by atoms with Crippen molar-refractivity contribution < 1.29 is 32.6 Å². The van der Waals surface area contributed by atoms with E-state index in [0.29, 0.717) is 0 Å². The molecule has 0 bridgehead atoms. The molecule has 26 heavy (non-hydrogen) atoms. The zero-order valence-electron chi connectivity index (χ0n) is 14.3. The molecule has 1 aliphatic heterocycles. The number of anilines is 1. The van der Waals surface area contributed by atoms with Crippen molar-refractivity contribution in [3.8, 4) is 5.75 Å². The number of methoxy groups -OCH3 is 1. The summed E-state index contributed by atoms with van der Waals surface area (Å²) in [5, 5.41) is 15.6. The van der Waals surface area contributed by atoms with E-state index in [1.807, 2.05) is 0 Å². The van der Waals surface area contributed by atoms with E-state index < -0.39 is 36.1 Å². The Kier molecular flexibility index (Phi) is 5.26. The summed E-state index contributed by atoms with van der Waals surface area (Å²) in [5.41, 5.74) is -3.51. The van der Waals surface area contributed by atoms with Crippen molar-refractivity contribution in [3.05, 3.63) is 24.3 Å². The van der Waals surface area contributed by atoms with Crippen LogP contribution in [-0.2, 0) is 9.59 Å². The monoisotopic (exact) mass is 373 g/mol. The fraction of sp³-hybridized carbons (Fsp3) is 0.438. The standard InChI is InChI=1S/C16H18F3N3O4/c1-9(2)11-8-15(25,16(17,18)19)22(21-11)14(24)13(23)20-10-6-4-5-7-12(10)26-3/h4-7,9,25H,8H2,1-3H3,(H,20,23)/t15-/m1/s1. The first kappa shape index (κ1) is 19.7. The van der Waals surface area contributed by atoms with Crippen LogP contribution in [0.3, 0.4) is 0 Å². The SMILES string of the molecule is COc1ccccc1NC(=O)C(=O)N1N=C(C(C)C)C[C@@]1(O)C(F)(F)F. The zero-order valence-corrected chi connectivity index (χ0v) is 14.3. The molecule has 1 aliphatic rings. The van der Waals surface area contributed by atoms with Crippen LogP contribution in [0.5, 0.6) is 5.75 Å². The van der Waals surface area contributed by atoms with E-state index in [1.54, 1.807) is 26.0 Å². The van der Waals surface area contributed by atoms with Gasteiger partial charge in [0.2, 0.25) is 0 Å². The van der Waals surface area contributed by atoms with Gasteiger partial charge >= 0.3 is 18.0 Å². The van der Waals surface area contributed by atoms with Crippen molar-refractivity contribution in [2.24, 2.45) is 11.0 Å². The predicted octanol–water partition coefficient (Wildman–Crippen LogP) is 2.13.